The summed E-state index contributed by atoms with van der Waals surface area (Å²) in [6.45, 7) is 4.46. The average Bonchev–Trinajstić information content (AvgIpc) is 3.25. The largest absolute Gasteiger partial charge is 0.283 e. The maximum absolute atomic E-state index is 12.9. The summed E-state index contributed by atoms with van der Waals surface area (Å²) in [5, 5.41) is 1.74. The SMILES string of the molecule is Cc1ccc(C)c(CS(=O)(=O)Nc2ccc3c(c2)CN(S(=O)(=O)c2cccs2)CC3)c1. The van der Waals surface area contributed by atoms with Gasteiger partial charge in [-0.25, -0.2) is 16.8 Å². The molecule has 4 rings (SSSR count). The molecule has 164 valence electrons. The Bertz CT molecular complexity index is 1310. The molecule has 0 radical (unpaired) electrons. The van der Waals surface area contributed by atoms with E-state index in [0.29, 0.717) is 22.9 Å². The molecule has 0 bridgehead atoms. The smallest absolute Gasteiger partial charge is 0.252 e. The molecular weight excluding hydrogens is 452 g/mol. The van der Waals surface area contributed by atoms with Gasteiger partial charge in [0.15, 0.2) is 0 Å². The summed E-state index contributed by atoms with van der Waals surface area (Å²) in [6.07, 6.45) is 0.593. The molecule has 0 saturated heterocycles. The Kier molecular flexibility index (Phi) is 5.95. The molecule has 9 heteroatoms. The summed E-state index contributed by atoms with van der Waals surface area (Å²) >= 11 is 1.20. The van der Waals surface area contributed by atoms with Gasteiger partial charge in [0.25, 0.3) is 10.0 Å². The van der Waals surface area contributed by atoms with E-state index in [-0.39, 0.29) is 12.3 Å². The molecule has 0 unspecified atom stereocenters. The van der Waals surface area contributed by atoms with Gasteiger partial charge >= 0.3 is 0 Å². The minimum Gasteiger partial charge on any atom is -0.283 e. The summed E-state index contributed by atoms with van der Waals surface area (Å²) in [4.78, 5) is 0. The first-order chi connectivity index (χ1) is 14.6. The molecule has 3 aromatic rings. The van der Waals surface area contributed by atoms with Crippen molar-refractivity contribution >= 4 is 37.1 Å². The molecule has 0 aliphatic carbocycles. The zero-order chi connectivity index (χ0) is 22.2. The van der Waals surface area contributed by atoms with E-state index in [1.165, 1.54) is 15.6 Å². The van der Waals surface area contributed by atoms with Gasteiger partial charge in [0.05, 0.1) is 5.75 Å². The second-order valence-corrected chi connectivity index (χ2v) is 12.6. The van der Waals surface area contributed by atoms with Gasteiger partial charge in [-0.15, -0.1) is 11.3 Å². The van der Waals surface area contributed by atoms with Crippen LogP contribution in [0.1, 0.15) is 27.8 Å². The van der Waals surface area contributed by atoms with Gasteiger partial charge in [0.1, 0.15) is 4.21 Å². The molecule has 0 saturated carbocycles. The Hall–Kier alpha value is -2.20. The Labute approximate surface area is 187 Å². The molecule has 6 nitrogen and oxygen atoms in total. The third-order valence-electron chi connectivity index (χ3n) is 5.40. The highest BCUT2D eigenvalue weighted by Gasteiger charge is 2.29. The molecule has 2 aromatic carbocycles. The first-order valence-corrected chi connectivity index (χ1v) is 13.8. The highest BCUT2D eigenvalue weighted by Crippen LogP contribution is 2.29. The van der Waals surface area contributed by atoms with Crippen molar-refractivity contribution < 1.29 is 16.8 Å². The second-order valence-electron chi connectivity index (χ2n) is 7.80. The van der Waals surface area contributed by atoms with Gasteiger partial charge in [0.2, 0.25) is 10.0 Å². The molecule has 0 spiro atoms. The van der Waals surface area contributed by atoms with E-state index < -0.39 is 20.0 Å². The van der Waals surface area contributed by atoms with Crippen molar-refractivity contribution in [3.8, 4) is 0 Å². The lowest BCUT2D eigenvalue weighted by Crippen LogP contribution is -2.35. The topological polar surface area (TPSA) is 83.6 Å². The number of thiophene rings is 1. The highest BCUT2D eigenvalue weighted by atomic mass is 32.2. The van der Waals surface area contributed by atoms with Crippen molar-refractivity contribution in [2.75, 3.05) is 11.3 Å². The first kappa shape index (κ1) is 22.0. The van der Waals surface area contributed by atoms with Crippen molar-refractivity contribution in [3.63, 3.8) is 0 Å². The van der Waals surface area contributed by atoms with Gasteiger partial charge in [-0.05, 0) is 66.1 Å². The van der Waals surface area contributed by atoms with Crippen LogP contribution in [0.25, 0.3) is 0 Å². The quantitative estimate of drug-likeness (QED) is 0.582. The number of rotatable bonds is 6. The van der Waals surface area contributed by atoms with E-state index >= 15 is 0 Å². The fourth-order valence-corrected chi connectivity index (χ4v) is 7.56. The molecule has 31 heavy (non-hydrogen) atoms. The number of hydrogen-bond donors (Lipinski definition) is 1. The van der Waals surface area contributed by atoms with E-state index in [2.05, 4.69) is 4.72 Å². The van der Waals surface area contributed by atoms with Crippen LogP contribution in [-0.2, 0) is 38.8 Å². The van der Waals surface area contributed by atoms with Gasteiger partial charge < -0.3 is 0 Å². The van der Waals surface area contributed by atoms with Gasteiger partial charge in [0, 0.05) is 18.8 Å². The lowest BCUT2D eigenvalue weighted by atomic mass is 10.0. The van der Waals surface area contributed by atoms with Crippen LogP contribution in [0.4, 0.5) is 5.69 Å². The lowest BCUT2D eigenvalue weighted by Gasteiger charge is -2.28. The number of nitrogens with zero attached hydrogens (tertiary/aromatic N) is 1. The number of fused-ring (bicyclic) bond motifs is 1. The normalized spacial score (nSPS) is 14.9. The number of sulfonamides is 2. The van der Waals surface area contributed by atoms with Crippen LogP contribution < -0.4 is 4.72 Å². The minimum atomic E-state index is -3.61. The number of benzene rings is 2. The summed E-state index contributed by atoms with van der Waals surface area (Å²) in [5.41, 5.74) is 5.00. The third-order valence-corrected chi connectivity index (χ3v) is 9.85. The van der Waals surface area contributed by atoms with E-state index in [9.17, 15) is 16.8 Å². The van der Waals surface area contributed by atoms with Crippen LogP contribution in [0.3, 0.4) is 0 Å². The zero-order valence-electron chi connectivity index (χ0n) is 17.3. The van der Waals surface area contributed by atoms with Crippen molar-refractivity contribution in [2.24, 2.45) is 0 Å². The first-order valence-electron chi connectivity index (χ1n) is 9.86. The fraction of sp³-hybridized carbons (Fsp3) is 0.273. The van der Waals surface area contributed by atoms with Gasteiger partial charge in [-0.1, -0.05) is 35.9 Å². The van der Waals surface area contributed by atoms with Crippen LogP contribution >= 0.6 is 11.3 Å². The number of nitrogens with one attached hydrogen (secondary N) is 1. The van der Waals surface area contributed by atoms with Crippen molar-refractivity contribution in [3.05, 3.63) is 81.7 Å². The molecule has 0 atom stereocenters. The van der Waals surface area contributed by atoms with Crippen molar-refractivity contribution in [1.29, 1.82) is 0 Å². The van der Waals surface area contributed by atoms with E-state index in [0.717, 1.165) is 27.8 Å². The van der Waals surface area contributed by atoms with Gasteiger partial charge in [-0.2, -0.15) is 4.31 Å². The van der Waals surface area contributed by atoms with Crippen LogP contribution in [0.5, 0.6) is 0 Å². The fourth-order valence-electron chi connectivity index (χ4n) is 3.71. The van der Waals surface area contributed by atoms with Crippen LogP contribution in [0, 0.1) is 13.8 Å². The van der Waals surface area contributed by atoms with Crippen LogP contribution in [-0.4, -0.2) is 27.7 Å². The van der Waals surface area contributed by atoms with Crippen LogP contribution in [0.15, 0.2) is 58.1 Å². The minimum absolute atomic E-state index is 0.115. The third kappa shape index (κ3) is 4.85. The Morgan fingerprint density at radius 3 is 2.55 bits per heavy atom. The van der Waals surface area contributed by atoms with E-state index in [1.807, 2.05) is 38.1 Å². The molecule has 2 heterocycles. The van der Waals surface area contributed by atoms with Crippen LogP contribution in [0.2, 0.25) is 0 Å². The van der Waals surface area contributed by atoms with E-state index in [1.54, 1.807) is 29.6 Å². The summed E-state index contributed by atoms with van der Waals surface area (Å²) in [5.74, 6) is -0.115. The van der Waals surface area contributed by atoms with Crippen molar-refractivity contribution in [2.45, 2.75) is 36.8 Å². The molecule has 1 aliphatic heterocycles. The monoisotopic (exact) mass is 476 g/mol. The maximum Gasteiger partial charge on any atom is 0.252 e. The standard InChI is InChI=1S/C22H24N2O4S3/c1-16-5-6-17(2)20(12-16)15-30(25,26)23-21-8-7-18-9-10-24(14-19(18)13-21)31(27,28)22-4-3-11-29-22/h3-8,11-13,23H,9-10,14-15H2,1-2H3. The average molecular weight is 477 g/mol. The summed E-state index contributed by atoms with van der Waals surface area (Å²) < 4.78 is 55.7. The van der Waals surface area contributed by atoms with Gasteiger partial charge in [-0.3, -0.25) is 4.72 Å². The molecule has 0 fully saturated rings. The molecule has 1 N–H and O–H groups in total. The Balaban J connectivity index is 1.54. The number of anilines is 1. The number of aryl methyl sites for hydroxylation is 2. The summed E-state index contributed by atoms with van der Waals surface area (Å²) in [7, 11) is -7.16. The lowest BCUT2D eigenvalue weighted by molar-refractivity contribution is 0.392. The van der Waals surface area contributed by atoms with E-state index in [4.69, 9.17) is 0 Å². The second kappa shape index (κ2) is 8.38. The molecule has 0 amide bonds. The highest BCUT2D eigenvalue weighted by molar-refractivity contribution is 7.92. The predicted octanol–water partition coefficient (Wildman–Crippen LogP) is 4.05. The maximum atomic E-state index is 12.9. The predicted molar refractivity (Wildman–Crippen MR) is 124 cm³/mol. The molecule has 1 aliphatic rings. The number of hydrogen-bond acceptors (Lipinski definition) is 5. The zero-order valence-corrected chi connectivity index (χ0v) is 19.8. The summed E-state index contributed by atoms with van der Waals surface area (Å²) in [6, 6.07) is 14.4. The Morgan fingerprint density at radius 1 is 1.00 bits per heavy atom. The molecule has 1 aromatic heterocycles. The Morgan fingerprint density at radius 2 is 1.81 bits per heavy atom. The van der Waals surface area contributed by atoms with Crippen molar-refractivity contribution in [1.82, 2.24) is 4.31 Å². The molecular formula is C22H24N2O4S3.